The molecule has 5 atom stereocenters. The fourth-order valence-electron chi connectivity index (χ4n) is 7.62. The van der Waals surface area contributed by atoms with Crippen molar-refractivity contribution >= 4 is 15.9 Å². The number of sulfonamides is 1. The molecule has 6 rings (SSSR count). The second-order valence-corrected chi connectivity index (χ2v) is 13.9. The van der Waals surface area contributed by atoms with E-state index < -0.39 is 14.8 Å². The van der Waals surface area contributed by atoms with Gasteiger partial charge in [-0.2, -0.15) is 0 Å². The van der Waals surface area contributed by atoms with E-state index in [1.165, 1.54) is 0 Å². The Balaban J connectivity index is 1.03. The normalized spacial score (nSPS) is 35.3. The molecule has 1 N–H and O–H groups in total. The van der Waals surface area contributed by atoms with Crippen molar-refractivity contribution in [2.45, 2.75) is 74.1 Å². The standard InChI is InChI=1S/C25H38N4O5S/c1-28(9-10-33-2)20-5-7-29(8-6-20)35(31,32)25-14-17-11-19(12-18(15-25)23(17)25)26-24(30)21-13-22(34-27-21)16-3-4-16/h13,16-20,23H,3-12,14-15H2,1-2H3,(H,26,30)/t17-,18+,19-,23?,25?. The summed E-state index contributed by atoms with van der Waals surface area (Å²) in [5.74, 6) is 2.12. The molecule has 5 aliphatic rings. The first-order chi connectivity index (χ1) is 16.8. The molecule has 4 aliphatic carbocycles. The molecule has 2 heterocycles. The first-order valence-electron chi connectivity index (χ1n) is 13.3. The molecule has 2 unspecified atom stereocenters. The van der Waals surface area contributed by atoms with Crippen LogP contribution in [0.15, 0.2) is 10.6 Å². The molecule has 4 saturated carbocycles. The average molecular weight is 507 g/mol. The van der Waals surface area contributed by atoms with Crippen molar-refractivity contribution in [1.82, 2.24) is 19.7 Å². The van der Waals surface area contributed by atoms with Gasteiger partial charge in [0.15, 0.2) is 5.69 Å². The molecule has 9 nitrogen and oxygen atoms in total. The fraction of sp³-hybridized carbons (Fsp3) is 0.840. The third-order valence-corrected chi connectivity index (χ3v) is 12.3. The number of hydrogen-bond acceptors (Lipinski definition) is 7. The summed E-state index contributed by atoms with van der Waals surface area (Å²) in [6.45, 7) is 2.81. The second kappa shape index (κ2) is 8.82. The largest absolute Gasteiger partial charge is 0.383 e. The molecular weight excluding hydrogens is 468 g/mol. The van der Waals surface area contributed by atoms with E-state index in [1.807, 2.05) is 0 Å². The lowest BCUT2D eigenvalue weighted by Crippen LogP contribution is -2.75. The lowest BCUT2D eigenvalue weighted by Gasteiger charge is -2.70. The monoisotopic (exact) mass is 506 g/mol. The third kappa shape index (κ3) is 3.95. The lowest BCUT2D eigenvalue weighted by atomic mass is 9.42. The Kier molecular flexibility index (Phi) is 6.02. The minimum absolute atomic E-state index is 0.0919. The highest BCUT2D eigenvalue weighted by Crippen LogP contribution is 2.69. The SMILES string of the molecule is COCCN(C)C1CCN(S(=O)(=O)C23C[C@H]4C[C@@H](NC(=O)c5cc(C6CC6)on5)C[C@@H](C2)C43)CC1. The van der Waals surface area contributed by atoms with Gasteiger partial charge in [-0.1, -0.05) is 5.16 Å². The molecule has 194 valence electrons. The molecule has 0 bridgehead atoms. The number of piperidine rings is 1. The summed E-state index contributed by atoms with van der Waals surface area (Å²) in [4.78, 5) is 15.0. The summed E-state index contributed by atoms with van der Waals surface area (Å²) in [6.07, 6.45) is 7.19. The predicted octanol–water partition coefficient (Wildman–Crippen LogP) is 2.21. The maximum Gasteiger partial charge on any atom is 0.273 e. The van der Waals surface area contributed by atoms with Gasteiger partial charge in [0.05, 0.1) is 11.4 Å². The molecule has 1 aromatic heterocycles. The molecular formula is C25H38N4O5S. The van der Waals surface area contributed by atoms with E-state index in [4.69, 9.17) is 9.26 Å². The third-order valence-electron chi connectivity index (χ3n) is 9.64. The number of aromatic nitrogens is 1. The molecule has 0 radical (unpaired) electrons. The van der Waals surface area contributed by atoms with E-state index in [2.05, 4.69) is 22.4 Å². The Morgan fingerprint density at radius 1 is 1.23 bits per heavy atom. The fourth-order valence-corrected chi connectivity index (χ4v) is 10.4. The zero-order valence-electron chi connectivity index (χ0n) is 20.8. The maximum absolute atomic E-state index is 13.7. The number of nitrogens with zero attached hydrogens (tertiary/aromatic N) is 3. The van der Waals surface area contributed by atoms with Crippen molar-refractivity contribution in [3.63, 3.8) is 0 Å². The average Bonchev–Trinajstić information content (AvgIpc) is 3.55. The van der Waals surface area contributed by atoms with E-state index in [0.29, 0.717) is 49.2 Å². The summed E-state index contributed by atoms with van der Waals surface area (Å²) in [7, 11) is 0.516. The van der Waals surface area contributed by atoms with Gasteiger partial charge in [-0.05, 0) is 76.2 Å². The molecule has 1 amide bonds. The van der Waals surface area contributed by atoms with Gasteiger partial charge in [0.1, 0.15) is 5.76 Å². The minimum Gasteiger partial charge on any atom is -0.383 e. The molecule has 1 saturated heterocycles. The van der Waals surface area contributed by atoms with Gasteiger partial charge in [-0.3, -0.25) is 4.79 Å². The summed E-state index contributed by atoms with van der Waals surface area (Å²) in [5.41, 5.74) is 0.365. The van der Waals surface area contributed by atoms with Crippen LogP contribution in [0.1, 0.15) is 73.5 Å². The minimum atomic E-state index is -3.30. The molecule has 0 aromatic carbocycles. The smallest absolute Gasteiger partial charge is 0.273 e. The molecule has 0 spiro atoms. The number of rotatable bonds is 9. The summed E-state index contributed by atoms with van der Waals surface area (Å²) >= 11 is 0. The number of likely N-dealkylation sites (N-methyl/N-ethyl adjacent to an activating group) is 1. The number of carbonyl (C=O) groups excluding carboxylic acids is 1. The zero-order valence-corrected chi connectivity index (χ0v) is 21.6. The molecule has 35 heavy (non-hydrogen) atoms. The quantitative estimate of drug-likeness (QED) is 0.547. The van der Waals surface area contributed by atoms with Crippen LogP contribution in [0.3, 0.4) is 0 Å². The maximum atomic E-state index is 13.7. The van der Waals surface area contributed by atoms with Crippen molar-refractivity contribution in [2.24, 2.45) is 17.8 Å². The number of methoxy groups -OCH3 is 1. The van der Waals surface area contributed by atoms with Gasteiger partial charge in [-0.25, -0.2) is 12.7 Å². The highest BCUT2D eigenvalue weighted by molar-refractivity contribution is 7.90. The number of nitrogens with one attached hydrogen (secondary N) is 1. The van der Waals surface area contributed by atoms with E-state index in [9.17, 15) is 13.2 Å². The highest BCUT2D eigenvalue weighted by Gasteiger charge is 2.73. The lowest BCUT2D eigenvalue weighted by molar-refractivity contribution is -0.108. The summed E-state index contributed by atoms with van der Waals surface area (Å²) in [5, 5.41) is 7.12. The van der Waals surface area contributed by atoms with Gasteiger partial charge in [-0.15, -0.1) is 0 Å². The van der Waals surface area contributed by atoms with E-state index in [1.54, 1.807) is 17.5 Å². The van der Waals surface area contributed by atoms with Gasteiger partial charge in [0, 0.05) is 50.8 Å². The molecule has 1 aliphatic heterocycles. The van der Waals surface area contributed by atoms with Crippen molar-refractivity contribution in [2.75, 3.05) is 40.4 Å². The van der Waals surface area contributed by atoms with Crippen LogP contribution >= 0.6 is 0 Å². The zero-order chi connectivity index (χ0) is 24.4. The van der Waals surface area contributed by atoms with Crippen molar-refractivity contribution in [1.29, 1.82) is 0 Å². The molecule has 5 fully saturated rings. The first-order valence-corrected chi connectivity index (χ1v) is 14.7. The van der Waals surface area contributed by atoms with Gasteiger partial charge < -0.3 is 19.5 Å². The summed E-state index contributed by atoms with van der Waals surface area (Å²) < 4.78 is 39.2. The van der Waals surface area contributed by atoms with Crippen molar-refractivity contribution < 1.29 is 22.5 Å². The van der Waals surface area contributed by atoms with Gasteiger partial charge >= 0.3 is 0 Å². The van der Waals surface area contributed by atoms with Crippen LogP contribution < -0.4 is 5.32 Å². The van der Waals surface area contributed by atoms with Crippen LogP contribution in [-0.2, 0) is 14.8 Å². The van der Waals surface area contributed by atoms with Crippen LogP contribution in [0.5, 0.6) is 0 Å². The highest BCUT2D eigenvalue weighted by atomic mass is 32.2. The van der Waals surface area contributed by atoms with E-state index >= 15 is 0 Å². The van der Waals surface area contributed by atoms with Gasteiger partial charge in [0.2, 0.25) is 10.0 Å². The van der Waals surface area contributed by atoms with Crippen LogP contribution in [0, 0.1) is 17.8 Å². The van der Waals surface area contributed by atoms with Crippen LogP contribution in [0.25, 0.3) is 0 Å². The Morgan fingerprint density at radius 3 is 2.54 bits per heavy atom. The van der Waals surface area contributed by atoms with Crippen LogP contribution in [-0.4, -0.2) is 85.9 Å². The molecule has 10 heteroatoms. The number of amides is 1. The molecule has 1 aromatic rings. The van der Waals surface area contributed by atoms with Crippen molar-refractivity contribution in [3.8, 4) is 0 Å². The van der Waals surface area contributed by atoms with Gasteiger partial charge in [0.25, 0.3) is 5.91 Å². The van der Waals surface area contributed by atoms with Crippen molar-refractivity contribution in [3.05, 3.63) is 17.5 Å². The number of hydrogen-bond donors (Lipinski definition) is 1. The predicted molar refractivity (Wildman–Crippen MR) is 129 cm³/mol. The van der Waals surface area contributed by atoms with Crippen LogP contribution in [0.2, 0.25) is 0 Å². The topological polar surface area (TPSA) is 105 Å². The van der Waals surface area contributed by atoms with E-state index in [0.717, 1.165) is 63.7 Å². The first kappa shape index (κ1) is 23.9. The summed E-state index contributed by atoms with van der Waals surface area (Å²) in [6, 6.07) is 2.29. The number of carbonyl (C=O) groups is 1. The number of ether oxygens (including phenoxy) is 1. The van der Waals surface area contributed by atoms with E-state index in [-0.39, 0.29) is 17.9 Å². The Labute approximate surface area is 208 Å². The Hall–Kier alpha value is -1.49. The Bertz CT molecular complexity index is 1050. The van der Waals surface area contributed by atoms with Crippen LogP contribution in [0.4, 0.5) is 0 Å². The second-order valence-electron chi connectivity index (χ2n) is 11.7. The Morgan fingerprint density at radius 2 is 1.91 bits per heavy atom.